The van der Waals surface area contributed by atoms with Crippen molar-refractivity contribution in [3.63, 3.8) is 0 Å². The fourth-order valence-electron chi connectivity index (χ4n) is 3.56. The summed E-state index contributed by atoms with van der Waals surface area (Å²) in [5, 5.41) is 17.2. The van der Waals surface area contributed by atoms with E-state index < -0.39 is 16.9 Å². The molecule has 2 aromatic carbocycles. The standard InChI is InChI=1S/C22H26N4O4/c1-16-9-10-18(19(15-16)26(29)30)24-22(28)21(17-7-3-2-4-8-17)23-12-11-20(27)25-13-5-6-14-25/h2-4,7-10,15,21,23H,5-6,11-14H2,1H3,(H,24,28)/t21-/m0/s1. The summed E-state index contributed by atoms with van der Waals surface area (Å²) in [5.41, 5.74) is 1.45. The third-order valence-corrected chi connectivity index (χ3v) is 5.15. The van der Waals surface area contributed by atoms with Gasteiger partial charge in [-0.25, -0.2) is 0 Å². The van der Waals surface area contributed by atoms with Gasteiger partial charge in [0, 0.05) is 32.1 Å². The summed E-state index contributed by atoms with van der Waals surface area (Å²) in [5.74, 6) is -0.344. The van der Waals surface area contributed by atoms with Crippen LogP contribution in [0.2, 0.25) is 0 Å². The number of hydrogen-bond donors (Lipinski definition) is 2. The van der Waals surface area contributed by atoms with Crippen LogP contribution < -0.4 is 10.6 Å². The maximum atomic E-state index is 13.0. The molecule has 158 valence electrons. The molecule has 0 radical (unpaired) electrons. The summed E-state index contributed by atoms with van der Waals surface area (Å²) < 4.78 is 0. The lowest BCUT2D eigenvalue weighted by Crippen LogP contribution is -2.36. The molecule has 0 bridgehead atoms. The lowest BCUT2D eigenvalue weighted by atomic mass is 10.1. The first-order valence-electron chi connectivity index (χ1n) is 10.1. The number of nitro benzene ring substituents is 1. The molecule has 8 heteroatoms. The van der Waals surface area contributed by atoms with Gasteiger partial charge < -0.3 is 15.5 Å². The third-order valence-electron chi connectivity index (χ3n) is 5.15. The van der Waals surface area contributed by atoms with Gasteiger partial charge in [-0.15, -0.1) is 0 Å². The zero-order valence-electron chi connectivity index (χ0n) is 17.0. The Labute approximate surface area is 175 Å². The van der Waals surface area contributed by atoms with Crippen LogP contribution in [0, 0.1) is 17.0 Å². The van der Waals surface area contributed by atoms with Gasteiger partial charge in [0.2, 0.25) is 11.8 Å². The predicted molar refractivity (Wildman–Crippen MR) is 114 cm³/mol. The van der Waals surface area contributed by atoms with Crippen LogP contribution in [0.3, 0.4) is 0 Å². The van der Waals surface area contributed by atoms with Gasteiger partial charge in [-0.2, -0.15) is 0 Å². The van der Waals surface area contributed by atoms with Crippen LogP contribution in [-0.4, -0.2) is 41.3 Å². The molecule has 0 unspecified atom stereocenters. The van der Waals surface area contributed by atoms with Crippen LogP contribution in [0.1, 0.15) is 36.4 Å². The van der Waals surface area contributed by atoms with E-state index in [4.69, 9.17) is 0 Å². The number of nitro groups is 1. The summed E-state index contributed by atoms with van der Waals surface area (Å²) in [4.78, 5) is 38.0. The number of anilines is 1. The number of rotatable bonds is 8. The number of likely N-dealkylation sites (tertiary alicyclic amines) is 1. The molecule has 0 aliphatic carbocycles. The van der Waals surface area contributed by atoms with Gasteiger partial charge in [-0.1, -0.05) is 36.4 Å². The zero-order chi connectivity index (χ0) is 21.5. The Balaban J connectivity index is 1.71. The van der Waals surface area contributed by atoms with Gasteiger partial charge in [-0.05, 0) is 37.0 Å². The molecular formula is C22H26N4O4. The van der Waals surface area contributed by atoms with Crippen molar-refractivity contribution in [2.24, 2.45) is 0 Å². The second-order valence-corrected chi connectivity index (χ2v) is 7.40. The van der Waals surface area contributed by atoms with Crippen LogP contribution in [0.4, 0.5) is 11.4 Å². The Kier molecular flexibility index (Phi) is 7.13. The molecule has 2 aromatic rings. The van der Waals surface area contributed by atoms with Crippen molar-refractivity contribution in [2.45, 2.75) is 32.2 Å². The number of carbonyl (C=O) groups is 2. The Morgan fingerprint density at radius 1 is 1.13 bits per heavy atom. The van der Waals surface area contributed by atoms with E-state index in [1.54, 1.807) is 13.0 Å². The van der Waals surface area contributed by atoms with E-state index in [0.717, 1.165) is 37.1 Å². The molecule has 2 amide bonds. The van der Waals surface area contributed by atoms with Crippen molar-refractivity contribution in [3.05, 3.63) is 69.8 Å². The summed E-state index contributed by atoms with van der Waals surface area (Å²) >= 11 is 0. The van der Waals surface area contributed by atoms with Crippen LogP contribution >= 0.6 is 0 Å². The van der Waals surface area contributed by atoms with Gasteiger partial charge in [-0.3, -0.25) is 19.7 Å². The normalized spacial score (nSPS) is 14.4. The zero-order valence-corrected chi connectivity index (χ0v) is 17.0. The molecule has 8 nitrogen and oxygen atoms in total. The minimum atomic E-state index is -0.738. The molecule has 1 fully saturated rings. The summed E-state index contributed by atoms with van der Waals surface area (Å²) in [7, 11) is 0. The lowest BCUT2D eigenvalue weighted by molar-refractivity contribution is -0.384. The molecule has 1 saturated heterocycles. The highest BCUT2D eigenvalue weighted by molar-refractivity contribution is 5.97. The van der Waals surface area contributed by atoms with Crippen LogP contribution in [0.25, 0.3) is 0 Å². The number of hydrogen-bond acceptors (Lipinski definition) is 5. The maximum Gasteiger partial charge on any atom is 0.293 e. The van der Waals surface area contributed by atoms with E-state index in [9.17, 15) is 19.7 Å². The van der Waals surface area contributed by atoms with Crippen LogP contribution in [-0.2, 0) is 9.59 Å². The van der Waals surface area contributed by atoms with Crippen LogP contribution in [0.5, 0.6) is 0 Å². The highest BCUT2D eigenvalue weighted by Crippen LogP contribution is 2.26. The largest absolute Gasteiger partial charge is 0.343 e. The minimum Gasteiger partial charge on any atom is -0.343 e. The number of aryl methyl sites for hydroxylation is 1. The van der Waals surface area contributed by atoms with E-state index in [0.29, 0.717) is 13.0 Å². The number of nitrogens with one attached hydrogen (secondary N) is 2. The highest BCUT2D eigenvalue weighted by atomic mass is 16.6. The second-order valence-electron chi connectivity index (χ2n) is 7.40. The first-order valence-corrected chi connectivity index (χ1v) is 10.1. The first kappa shape index (κ1) is 21.4. The monoisotopic (exact) mass is 410 g/mol. The SMILES string of the molecule is Cc1ccc(NC(=O)[C@@H](NCCC(=O)N2CCCC2)c2ccccc2)c([N+](=O)[O-])c1. The number of benzene rings is 2. The molecule has 1 heterocycles. The molecule has 0 spiro atoms. The van der Waals surface area contributed by atoms with E-state index >= 15 is 0 Å². The van der Waals surface area contributed by atoms with Crippen LogP contribution in [0.15, 0.2) is 48.5 Å². The Morgan fingerprint density at radius 3 is 2.50 bits per heavy atom. The molecule has 0 aromatic heterocycles. The fraction of sp³-hybridized carbons (Fsp3) is 0.364. The number of nitrogens with zero attached hydrogens (tertiary/aromatic N) is 2. The van der Waals surface area contributed by atoms with E-state index in [1.807, 2.05) is 35.2 Å². The quantitative estimate of drug-likeness (QED) is 0.514. The fourth-order valence-corrected chi connectivity index (χ4v) is 3.56. The minimum absolute atomic E-state index is 0.0707. The molecule has 0 saturated carbocycles. The summed E-state index contributed by atoms with van der Waals surface area (Å²) in [6.07, 6.45) is 2.36. The maximum absolute atomic E-state index is 13.0. The average Bonchev–Trinajstić information content (AvgIpc) is 3.28. The lowest BCUT2D eigenvalue weighted by Gasteiger charge is -2.20. The average molecular weight is 410 g/mol. The first-order chi connectivity index (χ1) is 14.5. The van der Waals surface area contributed by atoms with Gasteiger partial charge in [0.25, 0.3) is 5.69 Å². The predicted octanol–water partition coefficient (Wildman–Crippen LogP) is 3.19. The van der Waals surface area contributed by atoms with Crippen molar-refractivity contribution in [3.8, 4) is 0 Å². The Morgan fingerprint density at radius 2 is 1.83 bits per heavy atom. The molecule has 1 aliphatic heterocycles. The molecule has 2 N–H and O–H groups in total. The van der Waals surface area contributed by atoms with Gasteiger partial charge >= 0.3 is 0 Å². The molecule has 1 aliphatic rings. The molecular weight excluding hydrogens is 384 g/mol. The Bertz CT molecular complexity index is 911. The van der Waals surface area contributed by atoms with Crippen molar-refractivity contribution in [2.75, 3.05) is 25.0 Å². The molecule has 1 atom stereocenters. The van der Waals surface area contributed by atoms with Gasteiger partial charge in [0.1, 0.15) is 11.7 Å². The van der Waals surface area contributed by atoms with Gasteiger partial charge in [0.05, 0.1) is 4.92 Å². The smallest absolute Gasteiger partial charge is 0.293 e. The van der Waals surface area contributed by atoms with E-state index in [-0.39, 0.29) is 17.3 Å². The number of amides is 2. The number of carbonyl (C=O) groups excluding carboxylic acids is 2. The van der Waals surface area contributed by atoms with Crippen molar-refractivity contribution in [1.29, 1.82) is 0 Å². The van der Waals surface area contributed by atoms with Crippen molar-refractivity contribution < 1.29 is 14.5 Å². The highest BCUT2D eigenvalue weighted by Gasteiger charge is 2.24. The van der Waals surface area contributed by atoms with E-state index in [1.165, 1.54) is 12.1 Å². The summed E-state index contributed by atoms with van der Waals surface area (Å²) in [6, 6.07) is 13.0. The second kappa shape index (κ2) is 9.98. The van der Waals surface area contributed by atoms with Crippen molar-refractivity contribution >= 4 is 23.2 Å². The molecule has 30 heavy (non-hydrogen) atoms. The Hall–Kier alpha value is -3.26. The van der Waals surface area contributed by atoms with Crippen molar-refractivity contribution in [1.82, 2.24) is 10.2 Å². The third kappa shape index (κ3) is 5.42. The van der Waals surface area contributed by atoms with Gasteiger partial charge in [0.15, 0.2) is 0 Å². The molecule has 3 rings (SSSR count). The topological polar surface area (TPSA) is 105 Å². The summed E-state index contributed by atoms with van der Waals surface area (Å²) in [6.45, 7) is 3.67. The van der Waals surface area contributed by atoms with E-state index in [2.05, 4.69) is 10.6 Å².